The fraction of sp³-hybridized carbons (Fsp3) is 0.762. The highest BCUT2D eigenvalue weighted by Crippen LogP contribution is 2.10. The molecule has 0 amide bonds. The molecule has 1 heteroatoms. The maximum Gasteiger partial charge on any atom is 0.171 e. The summed E-state index contributed by atoms with van der Waals surface area (Å²) in [5.41, 5.74) is 1.50. The fourth-order valence-corrected chi connectivity index (χ4v) is 3.03. The fourth-order valence-electron chi connectivity index (χ4n) is 3.03. The lowest BCUT2D eigenvalue weighted by atomic mass is 10.1. The monoisotopic (exact) mass is 304 g/mol. The predicted octanol–water partition coefficient (Wildman–Crippen LogP) is 6.24. The minimum absolute atomic E-state index is 1.19. The molecule has 0 aliphatic heterocycles. The lowest BCUT2D eigenvalue weighted by molar-refractivity contribution is -0.697. The molecule has 0 bridgehead atoms. The van der Waals surface area contributed by atoms with Crippen LogP contribution in [0.5, 0.6) is 0 Å². The van der Waals surface area contributed by atoms with Crippen molar-refractivity contribution >= 4 is 0 Å². The van der Waals surface area contributed by atoms with E-state index >= 15 is 0 Å². The van der Waals surface area contributed by atoms with Gasteiger partial charge in [0.05, 0.1) is 0 Å². The Morgan fingerprint density at radius 3 is 1.95 bits per heavy atom. The van der Waals surface area contributed by atoms with E-state index in [1.807, 2.05) is 0 Å². The van der Waals surface area contributed by atoms with Crippen LogP contribution in [-0.4, -0.2) is 0 Å². The van der Waals surface area contributed by atoms with Crippen molar-refractivity contribution in [2.75, 3.05) is 0 Å². The summed E-state index contributed by atoms with van der Waals surface area (Å²) in [6.45, 7) is 5.74. The van der Waals surface area contributed by atoms with Crippen molar-refractivity contribution in [3.05, 3.63) is 30.1 Å². The van der Waals surface area contributed by atoms with Gasteiger partial charge in [-0.25, -0.2) is 4.57 Å². The molecule has 0 aliphatic carbocycles. The zero-order valence-electron chi connectivity index (χ0n) is 15.2. The first-order valence-electron chi connectivity index (χ1n) is 9.84. The van der Waals surface area contributed by atoms with Crippen LogP contribution in [0.3, 0.4) is 0 Å². The first kappa shape index (κ1) is 19.2. The van der Waals surface area contributed by atoms with Crippen LogP contribution in [0.2, 0.25) is 0 Å². The SMILES string of the molecule is CCCCCCCCCCCC[n+]1cccc(CCCC)c1. The van der Waals surface area contributed by atoms with Crippen LogP contribution in [0.1, 0.15) is 96.5 Å². The van der Waals surface area contributed by atoms with Crippen LogP contribution < -0.4 is 4.57 Å². The van der Waals surface area contributed by atoms with Crippen molar-refractivity contribution in [3.8, 4) is 0 Å². The molecule has 0 aromatic carbocycles. The third-order valence-corrected chi connectivity index (χ3v) is 4.51. The highest BCUT2D eigenvalue weighted by molar-refractivity contribution is 5.05. The normalized spacial score (nSPS) is 11.0. The first-order chi connectivity index (χ1) is 10.9. The van der Waals surface area contributed by atoms with Crippen LogP contribution in [0.25, 0.3) is 0 Å². The molecule has 126 valence electrons. The molecule has 22 heavy (non-hydrogen) atoms. The molecule has 0 N–H and O–H groups in total. The Kier molecular flexibility index (Phi) is 12.0. The Labute approximate surface area is 139 Å². The van der Waals surface area contributed by atoms with Crippen molar-refractivity contribution in [1.29, 1.82) is 0 Å². The largest absolute Gasteiger partial charge is 0.205 e. The lowest BCUT2D eigenvalue weighted by Gasteiger charge is -2.02. The molecule has 0 atom stereocenters. The molecule has 0 fully saturated rings. The molecule has 1 nitrogen and oxygen atoms in total. The van der Waals surface area contributed by atoms with Gasteiger partial charge in [0.25, 0.3) is 0 Å². The lowest BCUT2D eigenvalue weighted by Crippen LogP contribution is -2.33. The summed E-state index contributed by atoms with van der Waals surface area (Å²) in [6, 6.07) is 4.48. The molecule has 0 radical (unpaired) electrons. The van der Waals surface area contributed by atoms with Gasteiger partial charge >= 0.3 is 0 Å². The number of unbranched alkanes of at least 4 members (excludes halogenated alkanes) is 10. The Balaban J connectivity index is 2.00. The molecule has 1 rings (SSSR count). The zero-order valence-corrected chi connectivity index (χ0v) is 15.2. The third-order valence-electron chi connectivity index (χ3n) is 4.51. The van der Waals surface area contributed by atoms with Gasteiger partial charge in [0.2, 0.25) is 0 Å². The molecule has 1 heterocycles. The summed E-state index contributed by atoms with van der Waals surface area (Å²) in [5, 5.41) is 0. The van der Waals surface area contributed by atoms with Crippen molar-refractivity contribution in [2.45, 2.75) is 104 Å². The Morgan fingerprint density at radius 2 is 1.32 bits per heavy atom. The Bertz CT molecular complexity index is 359. The molecule has 0 unspecified atom stereocenters. The summed E-state index contributed by atoms with van der Waals surface area (Å²) in [5.74, 6) is 0. The second-order valence-corrected chi connectivity index (χ2v) is 6.74. The van der Waals surface area contributed by atoms with Crippen LogP contribution in [0.4, 0.5) is 0 Å². The average Bonchev–Trinajstić information content (AvgIpc) is 2.55. The van der Waals surface area contributed by atoms with Gasteiger partial charge in [-0.15, -0.1) is 0 Å². The molecule has 1 aromatic rings. The summed E-state index contributed by atoms with van der Waals surface area (Å²) in [4.78, 5) is 0. The van der Waals surface area contributed by atoms with Crippen LogP contribution in [0.15, 0.2) is 24.5 Å². The average molecular weight is 305 g/mol. The van der Waals surface area contributed by atoms with Gasteiger partial charge in [-0.1, -0.05) is 71.6 Å². The first-order valence-corrected chi connectivity index (χ1v) is 9.84. The number of hydrogen-bond donors (Lipinski definition) is 0. The van der Waals surface area contributed by atoms with Gasteiger partial charge in [-0.3, -0.25) is 0 Å². The zero-order chi connectivity index (χ0) is 15.9. The van der Waals surface area contributed by atoms with E-state index in [1.54, 1.807) is 0 Å². The minimum Gasteiger partial charge on any atom is -0.205 e. The number of nitrogens with zero attached hydrogens (tertiary/aromatic N) is 1. The summed E-state index contributed by atoms with van der Waals surface area (Å²) >= 11 is 0. The van der Waals surface area contributed by atoms with E-state index in [0.717, 1.165) is 0 Å². The van der Waals surface area contributed by atoms with E-state index in [-0.39, 0.29) is 0 Å². The summed E-state index contributed by atoms with van der Waals surface area (Å²) < 4.78 is 2.38. The molecule has 0 spiro atoms. The minimum atomic E-state index is 1.19. The smallest absolute Gasteiger partial charge is 0.171 e. The number of hydrogen-bond acceptors (Lipinski definition) is 0. The number of aromatic nitrogens is 1. The number of aryl methyl sites for hydroxylation is 2. The number of pyridine rings is 1. The molecule has 0 saturated carbocycles. The standard InChI is InChI=1S/C21H38N/c1-3-5-7-8-9-10-11-12-13-14-18-22-19-15-17-21(20-22)16-6-4-2/h15,17,19-20H,3-14,16,18H2,1-2H3/q+1. The third kappa shape index (κ3) is 9.97. The van der Waals surface area contributed by atoms with Crippen molar-refractivity contribution in [1.82, 2.24) is 0 Å². The van der Waals surface area contributed by atoms with Gasteiger partial charge in [0, 0.05) is 18.1 Å². The van der Waals surface area contributed by atoms with Gasteiger partial charge in [0.1, 0.15) is 6.54 Å². The molecule has 0 aliphatic rings. The van der Waals surface area contributed by atoms with E-state index in [1.165, 1.54) is 95.6 Å². The Morgan fingerprint density at radius 1 is 0.727 bits per heavy atom. The summed E-state index contributed by atoms with van der Waals surface area (Å²) in [7, 11) is 0. The maximum atomic E-state index is 2.38. The molecular weight excluding hydrogens is 266 g/mol. The highest BCUT2D eigenvalue weighted by atomic mass is 14.9. The summed E-state index contributed by atoms with van der Waals surface area (Å²) in [6.07, 6.45) is 22.6. The van der Waals surface area contributed by atoms with Crippen LogP contribution in [0, 0.1) is 0 Å². The van der Waals surface area contributed by atoms with Crippen LogP contribution >= 0.6 is 0 Å². The van der Waals surface area contributed by atoms with E-state index in [9.17, 15) is 0 Å². The topological polar surface area (TPSA) is 3.88 Å². The maximum absolute atomic E-state index is 2.38. The van der Waals surface area contributed by atoms with E-state index in [4.69, 9.17) is 0 Å². The van der Waals surface area contributed by atoms with Gasteiger partial charge < -0.3 is 0 Å². The van der Waals surface area contributed by atoms with Gasteiger partial charge in [-0.05, 0) is 25.3 Å². The Hall–Kier alpha value is -0.850. The quantitative estimate of drug-likeness (QED) is 0.283. The second kappa shape index (κ2) is 13.8. The van der Waals surface area contributed by atoms with E-state index in [2.05, 4.69) is 42.9 Å². The predicted molar refractivity (Wildman–Crippen MR) is 97.1 cm³/mol. The van der Waals surface area contributed by atoms with Crippen molar-refractivity contribution < 1.29 is 4.57 Å². The van der Waals surface area contributed by atoms with Crippen LogP contribution in [-0.2, 0) is 13.0 Å². The van der Waals surface area contributed by atoms with Crippen molar-refractivity contribution in [3.63, 3.8) is 0 Å². The van der Waals surface area contributed by atoms with E-state index in [0.29, 0.717) is 0 Å². The molecular formula is C21H38N+. The second-order valence-electron chi connectivity index (χ2n) is 6.74. The van der Waals surface area contributed by atoms with Gasteiger partial charge in [0.15, 0.2) is 12.4 Å². The molecule has 0 saturated heterocycles. The van der Waals surface area contributed by atoms with Crippen molar-refractivity contribution in [2.24, 2.45) is 0 Å². The van der Waals surface area contributed by atoms with Gasteiger partial charge in [-0.2, -0.15) is 0 Å². The molecule has 1 aromatic heterocycles. The van der Waals surface area contributed by atoms with E-state index < -0.39 is 0 Å². The highest BCUT2D eigenvalue weighted by Gasteiger charge is 2.02. The number of rotatable bonds is 14.